The molecule has 0 bridgehead atoms. The smallest absolute Gasteiger partial charge is 0.744 e. The molecule has 0 saturated heterocycles. The topological polar surface area (TPSA) is 114 Å². The van der Waals surface area contributed by atoms with Crippen molar-refractivity contribution in [3.63, 3.8) is 0 Å². The number of hydrogen-bond acceptors (Lipinski definition) is 6. The van der Waals surface area contributed by atoms with E-state index in [9.17, 15) is 25.9 Å². The quantitative estimate of drug-likeness (QED) is 0.370. The Balaban J connectivity index is 0.000000523. The Morgan fingerprint density at radius 1 is 0.724 bits per heavy atom. The van der Waals surface area contributed by atoms with Gasteiger partial charge in [-0.15, -0.1) is 0 Å². The second-order valence-electron chi connectivity index (χ2n) is 6.39. The Labute approximate surface area is 202 Å². The SMILES string of the molecule is C=C(C)Cc1ccccc1S(=O)(=O)[O-].C=C(C)Cc1ccccc1S(=O)(=O)[O-].[Ca+2]. The van der Waals surface area contributed by atoms with Gasteiger partial charge in [0.2, 0.25) is 0 Å². The molecule has 29 heavy (non-hydrogen) atoms. The third kappa shape index (κ3) is 10.0. The molecule has 0 fully saturated rings. The van der Waals surface area contributed by atoms with Crippen molar-refractivity contribution in [3.8, 4) is 0 Å². The zero-order valence-electron chi connectivity index (χ0n) is 16.4. The van der Waals surface area contributed by atoms with Crippen molar-refractivity contribution in [2.24, 2.45) is 0 Å². The molecule has 0 atom stereocenters. The second-order valence-corrected chi connectivity index (χ2v) is 9.09. The molecule has 9 heteroatoms. The summed E-state index contributed by atoms with van der Waals surface area (Å²) in [4.78, 5) is -0.300. The van der Waals surface area contributed by atoms with E-state index in [1.807, 2.05) is 0 Å². The van der Waals surface area contributed by atoms with E-state index in [2.05, 4.69) is 13.2 Å². The summed E-state index contributed by atoms with van der Waals surface area (Å²) < 4.78 is 65.1. The fourth-order valence-corrected chi connectivity index (χ4v) is 3.85. The van der Waals surface area contributed by atoms with Gasteiger partial charge in [-0.1, -0.05) is 60.7 Å². The molecule has 0 aliphatic heterocycles. The molecule has 0 amide bonds. The summed E-state index contributed by atoms with van der Waals surface area (Å²) in [6.07, 6.45) is 0.829. The van der Waals surface area contributed by atoms with Crippen LogP contribution in [-0.2, 0) is 33.1 Å². The monoisotopic (exact) mass is 462 g/mol. The van der Waals surface area contributed by atoms with Gasteiger partial charge in [-0.25, -0.2) is 16.8 Å². The normalized spacial score (nSPS) is 10.9. The van der Waals surface area contributed by atoms with Gasteiger partial charge in [0.25, 0.3) is 0 Å². The summed E-state index contributed by atoms with van der Waals surface area (Å²) >= 11 is 0. The summed E-state index contributed by atoms with van der Waals surface area (Å²) in [6.45, 7) is 10.9. The maximum Gasteiger partial charge on any atom is 2.00 e. The van der Waals surface area contributed by atoms with E-state index in [1.54, 1.807) is 38.1 Å². The summed E-state index contributed by atoms with van der Waals surface area (Å²) in [7, 11) is -8.74. The molecule has 0 unspecified atom stereocenters. The van der Waals surface area contributed by atoms with Crippen LogP contribution in [0.5, 0.6) is 0 Å². The predicted molar refractivity (Wildman–Crippen MR) is 112 cm³/mol. The molecule has 0 N–H and O–H groups in total. The van der Waals surface area contributed by atoms with Gasteiger partial charge in [0, 0.05) is 0 Å². The first-order valence-corrected chi connectivity index (χ1v) is 11.0. The van der Waals surface area contributed by atoms with Crippen LogP contribution in [-0.4, -0.2) is 63.7 Å². The molecule has 2 rings (SSSR count). The molecule has 152 valence electrons. The van der Waals surface area contributed by atoms with Gasteiger partial charge in [-0.2, -0.15) is 0 Å². The van der Waals surface area contributed by atoms with E-state index >= 15 is 0 Å². The van der Waals surface area contributed by atoms with Gasteiger partial charge in [-0.05, 0) is 49.9 Å². The predicted octanol–water partition coefficient (Wildman–Crippen LogP) is 3.04. The second kappa shape index (κ2) is 12.0. The first-order chi connectivity index (χ1) is 12.8. The molecule has 0 radical (unpaired) electrons. The molecular formula is C20H22CaO6S2. The first-order valence-electron chi connectivity index (χ1n) is 8.18. The maximum absolute atomic E-state index is 10.8. The molecule has 0 spiro atoms. The van der Waals surface area contributed by atoms with E-state index in [-0.39, 0.29) is 47.5 Å². The number of rotatable bonds is 6. The minimum absolute atomic E-state index is 0. The minimum atomic E-state index is -4.37. The van der Waals surface area contributed by atoms with Crippen LogP contribution in [0.25, 0.3) is 0 Å². The van der Waals surface area contributed by atoms with Crippen LogP contribution in [0.1, 0.15) is 25.0 Å². The van der Waals surface area contributed by atoms with Crippen molar-refractivity contribution in [3.05, 3.63) is 84.0 Å². The van der Waals surface area contributed by atoms with Crippen molar-refractivity contribution in [1.82, 2.24) is 0 Å². The van der Waals surface area contributed by atoms with Gasteiger partial charge in [0.1, 0.15) is 20.2 Å². The fraction of sp³-hybridized carbons (Fsp3) is 0.200. The fourth-order valence-electron chi connectivity index (χ4n) is 2.44. The largest absolute Gasteiger partial charge is 2.00 e. The third-order valence-electron chi connectivity index (χ3n) is 3.47. The van der Waals surface area contributed by atoms with Crippen LogP contribution < -0.4 is 0 Å². The van der Waals surface area contributed by atoms with Crippen molar-refractivity contribution >= 4 is 58.0 Å². The van der Waals surface area contributed by atoms with Crippen molar-refractivity contribution in [1.29, 1.82) is 0 Å². The molecule has 0 aliphatic rings. The van der Waals surface area contributed by atoms with Crippen molar-refractivity contribution < 1.29 is 25.9 Å². The molecule has 2 aromatic carbocycles. The maximum atomic E-state index is 10.8. The molecule has 0 aliphatic carbocycles. The van der Waals surface area contributed by atoms with Gasteiger partial charge >= 0.3 is 37.7 Å². The van der Waals surface area contributed by atoms with Crippen LogP contribution >= 0.6 is 0 Å². The minimum Gasteiger partial charge on any atom is -0.744 e. The van der Waals surface area contributed by atoms with Gasteiger partial charge in [0.05, 0.1) is 9.79 Å². The van der Waals surface area contributed by atoms with E-state index in [0.717, 1.165) is 11.1 Å². The molecule has 2 aromatic rings. The van der Waals surface area contributed by atoms with E-state index in [0.29, 0.717) is 24.0 Å². The molecule has 0 saturated carbocycles. The summed E-state index contributed by atoms with van der Waals surface area (Å²) in [5, 5.41) is 0. The van der Waals surface area contributed by atoms with Gasteiger partial charge < -0.3 is 9.11 Å². The Bertz CT molecular complexity index is 986. The van der Waals surface area contributed by atoms with Crippen molar-refractivity contribution in [2.75, 3.05) is 0 Å². The molecular weight excluding hydrogens is 440 g/mol. The van der Waals surface area contributed by atoms with Crippen LogP contribution in [0, 0.1) is 0 Å². The zero-order chi connectivity index (χ0) is 21.5. The average molecular weight is 463 g/mol. The number of allylic oxidation sites excluding steroid dienone is 2. The van der Waals surface area contributed by atoms with Gasteiger partial charge in [0.15, 0.2) is 0 Å². The van der Waals surface area contributed by atoms with Crippen LogP contribution in [0.2, 0.25) is 0 Å². The zero-order valence-corrected chi connectivity index (χ0v) is 20.3. The van der Waals surface area contributed by atoms with E-state index < -0.39 is 20.2 Å². The molecule has 6 nitrogen and oxygen atoms in total. The Hall–Kier alpha value is -1.00. The third-order valence-corrected chi connectivity index (χ3v) is 5.34. The summed E-state index contributed by atoms with van der Waals surface area (Å²) in [5.41, 5.74) is 2.66. The number of hydrogen-bond donors (Lipinski definition) is 0. The molecule has 0 heterocycles. The summed E-state index contributed by atoms with van der Waals surface area (Å²) in [5.74, 6) is 0. The Morgan fingerprint density at radius 3 is 1.24 bits per heavy atom. The van der Waals surface area contributed by atoms with Crippen molar-refractivity contribution in [2.45, 2.75) is 36.5 Å². The Kier molecular flexibility index (Phi) is 11.6. The summed E-state index contributed by atoms with van der Waals surface area (Å²) in [6, 6.07) is 12.4. The van der Waals surface area contributed by atoms with Gasteiger partial charge in [-0.3, -0.25) is 0 Å². The first kappa shape index (κ1) is 28.0. The average Bonchev–Trinajstić information content (AvgIpc) is 2.53. The standard InChI is InChI=1S/2C10H12O3S.Ca/c2*1-8(2)7-9-5-3-4-6-10(9)14(11,12)13;/h2*3-6H,1,7H2,2H3,(H,11,12,13);/q;;+2/p-2. The molecule has 0 aromatic heterocycles. The van der Waals surface area contributed by atoms with E-state index in [1.165, 1.54) is 24.3 Å². The number of benzene rings is 2. The van der Waals surface area contributed by atoms with Crippen LogP contribution in [0.3, 0.4) is 0 Å². The Morgan fingerprint density at radius 2 is 1.00 bits per heavy atom. The van der Waals surface area contributed by atoms with Crippen LogP contribution in [0.15, 0.2) is 82.6 Å². The van der Waals surface area contributed by atoms with E-state index in [4.69, 9.17) is 0 Å². The van der Waals surface area contributed by atoms with Crippen LogP contribution in [0.4, 0.5) is 0 Å².